The van der Waals surface area contributed by atoms with Gasteiger partial charge in [-0.1, -0.05) is 0 Å². The molecule has 7 heteroatoms. The summed E-state index contributed by atoms with van der Waals surface area (Å²) in [6, 6.07) is -1.14. The molecule has 0 aromatic heterocycles. The fraction of sp³-hybridized carbons (Fsp3) is 0.818. The molecule has 0 radical (unpaired) electrons. The number of hydrogen-bond donors (Lipinski definition) is 3. The Morgan fingerprint density at radius 3 is 2.56 bits per heavy atom. The maximum atomic E-state index is 12.0. The second-order valence-corrected chi connectivity index (χ2v) is 5.96. The SMILES string of the molecule is O=C(O)[C@@H]1CC(O)CN1C(=O)NC1CCSCC1. The smallest absolute Gasteiger partial charge is 0.326 e. The zero-order valence-corrected chi connectivity index (χ0v) is 10.9. The van der Waals surface area contributed by atoms with Gasteiger partial charge in [0.2, 0.25) is 0 Å². The highest BCUT2D eigenvalue weighted by Crippen LogP contribution is 2.20. The summed E-state index contributed by atoms with van der Waals surface area (Å²) < 4.78 is 0. The number of nitrogens with one attached hydrogen (secondary N) is 1. The maximum absolute atomic E-state index is 12.0. The van der Waals surface area contributed by atoms with Crippen molar-refractivity contribution < 1.29 is 19.8 Å². The first-order valence-corrected chi connectivity index (χ1v) is 7.29. The zero-order chi connectivity index (χ0) is 13.1. The minimum Gasteiger partial charge on any atom is -0.480 e. The van der Waals surface area contributed by atoms with Gasteiger partial charge in [-0.15, -0.1) is 0 Å². The number of aliphatic hydroxyl groups is 1. The van der Waals surface area contributed by atoms with Gasteiger partial charge in [0.05, 0.1) is 6.10 Å². The molecule has 2 aliphatic rings. The average molecular weight is 274 g/mol. The predicted octanol–water partition coefficient (Wildman–Crippen LogP) is 0.111. The van der Waals surface area contributed by atoms with Gasteiger partial charge in [0.25, 0.3) is 0 Å². The van der Waals surface area contributed by atoms with Gasteiger partial charge in [-0.3, -0.25) is 0 Å². The monoisotopic (exact) mass is 274 g/mol. The quantitative estimate of drug-likeness (QED) is 0.665. The van der Waals surface area contributed by atoms with Gasteiger partial charge in [0.15, 0.2) is 0 Å². The molecular weight excluding hydrogens is 256 g/mol. The summed E-state index contributed by atoms with van der Waals surface area (Å²) in [6.07, 6.45) is 1.22. The Bertz CT molecular complexity index is 333. The number of thioether (sulfide) groups is 1. The average Bonchev–Trinajstić information content (AvgIpc) is 2.73. The number of β-amino-alcohol motifs (C(OH)–C–C–N with tert-alkyl or cyclic N) is 1. The van der Waals surface area contributed by atoms with Crippen LogP contribution in [0, 0.1) is 0 Å². The van der Waals surface area contributed by atoms with E-state index in [2.05, 4.69) is 5.32 Å². The maximum Gasteiger partial charge on any atom is 0.326 e. The predicted molar refractivity (Wildman–Crippen MR) is 67.6 cm³/mol. The number of carboxylic acids is 1. The molecule has 0 saturated carbocycles. The third-order valence-corrected chi connectivity index (χ3v) is 4.42. The Morgan fingerprint density at radius 1 is 1.28 bits per heavy atom. The molecule has 1 unspecified atom stereocenters. The molecule has 0 aromatic rings. The normalized spacial score (nSPS) is 29.3. The lowest BCUT2D eigenvalue weighted by atomic mass is 10.1. The minimum absolute atomic E-state index is 0.101. The highest BCUT2D eigenvalue weighted by Gasteiger charge is 2.39. The second kappa shape index (κ2) is 5.79. The van der Waals surface area contributed by atoms with Crippen molar-refractivity contribution in [3.63, 3.8) is 0 Å². The van der Waals surface area contributed by atoms with E-state index in [4.69, 9.17) is 5.11 Å². The van der Waals surface area contributed by atoms with Crippen molar-refractivity contribution in [2.24, 2.45) is 0 Å². The van der Waals surface area contributed by atoms with E-state index in [9.17, 15) is 14.7 Å². The van der Waals surface area contributed by atoms with Crippen LogP contribution in [0.2, 0.25) is 0 Å². The summed E-state index contributed by atoms with van der Waals surface area (Å²) in [7, 11) is 0. The highest BCUT2D eigenvalue weighted by atomic mass is 32.2. The van der Waals surface area contributed by atoms with Gasteiger partial charge in [-0.25, -0.2) is 9.59 Å². The summed E-state index contributed by atoms with van der Waals surface area (Å²) in [4.78, 5) is 24.3. The molecular formula is C11H18N2O4S. The first-order valence-electron chi connectivity index (χ1n) is 6.13. The van der Waals surface area contributed by atoms with Crippen LogP contribution in [0.4, 0.5) is 4.79 Å². The number of carbonyl (C=O) groups excluding carboxylic acids is 1. The molecule has 0 aromatic carbocycles. The number of amides is 2. The van der Waals surface area contributed by atoms with Crippen LogP contribution in [0.25, 0.3) is 0 Å². The lowest BCUT2D eigenvalue weighted by molar-refractivity contribution is -0.141. The van der Waals surface area contributed by atoms with E-state index >= 15 is 0 Å². The molecule has 0 bridgehead atoms. The Labute approximate surface area is 110 Å². The number of carbonyl (C=O) groups is 2. The van der Waals surface area contributed by atoms with E-state index in [0.29, 0.717) is 0 Å². The van der Waals surface area contributed by atoms with E-state index < -0.39 is 18.1 Å². The van der Waals surface area contributed by atoms with Crippen LogP contribution in [0.15, 0.2) is 0 Å². The molecule has 3 N–H and O–H groups in total. The number of aliphatic hydroxyl groups excluding tert-OH is 1. The van der Waals surface area contributed by atoms with E-state index in [0.717, 1.165) is 24.3 Å². The second-order valence-electron chi connectivity index (χ2n) is 4.73. The Hall–Kier alpha value is -0.950. The van der Waals surface area contributed by atoms with E-state index in [-0.39, 0.29) is 25.0 Å². The van der Waals surface area contributed by atoms with Crippen molar-refractivity contribution in [2.45, 2.75) is 37.5 Å². The van der Waals surface area contributed by atoms with E-state index in [1.807, 2.05) is 11.8 Å². The number of nitrogens with zero attached hydrogens (tertiary/aromatic N) is 1. The fourth-order valence-corrected chi connectivity index (χ4v) is 3.48. The number of likely N-dealkylation sites (tertiary alicyclic amines) is 1. The van der Waals surface area contributed by atoms with Crippen molar-refractivity contribution in [1.82, 2.24) is 10.2 Å². The summed E-state index contributed by atoms with van der Waals surface area (Å²) in [5, 5.41) is 21.4. The van der Waals surface area contributed by atoms with Gasteiger partial charge in [-0.2, -0.15) is 11.8 Å². The molecule has 102 valence electrons. The van der Waals surface area contributed by atoms with Crippen LogP contribution in [0.5, 0.6) is 0 Å². The number of hydrogen-bond acceptors (Lipinski definition) is 4. The molecule has 6 nitrogen and oxygen atoms in total. The first kappa shape index (κ1) is 13.5. The lowest BCUT2D eigenvalue weighted by Crippen LogP contribution is -2.50. The molecule has 0 spiro atoms. The molecule has 2 fully saturated rings. The van der Waals surface area contributed by atoms with Crippen LogP contribution in [0.3, 0.4) is 0 Å². The molecule has 2 atom stereocenters. The third-order valence-electron chi connectivity index (χ3n) is 3.37. The number of rotatable bonds is 2. The standard InChI is InChI=1S/C11H18N2O4S/c14-8-5-9(10(15)16)13(6-8)11(17)12-7-1-3-18-4-2-7/h7-9,14H,1-6H2,(H,12,17)(H,15,16)/t8?,9-/m0/s1. The molecule has 2 heterocycles. The Kier molecular flexibility index (Phi) is 4.34. The molecule has 2 amide bonds. The number of carboxylic acid groups (broad SMARTS) is 1. The molecule has 2 aliphatic heterocycles. The van der Waals surface area contributed by atoms with Crippen molar-refractivity contribution in [2.75, 3.05) is 18.1 Å². The van der Waals surface area contributed by atoms with E-state index in [1.54, 1.807) is 0 Å². The van der Waals surface area contributed by atoms with Gasteiger partial charge in [-0.05, 0) is 24.3 Å². The topological polar surface area (TPSA) is 89.9 Å². The van der Waals surface area contributed by atoms with Crippen LogP contribution < -0.4 is 5.32 Å². The van der Waals surface area contributed by atoms with Gasteiger partial charge < -0.3 is 20.4 Å². The van der Waals surface area contributed by atoms with Crippen molar-refractivity contribution >= 4 is 23.8 Å². The van der Waals surface area contributed by atoms with Gasteiger partial charge in [0, 0.05) is 19.0 Å². The number of urea groups is 1. The Morgan fingerprint density at radius 2 is 1.94 bits per heavy atom. The minimum atomic E-state index is -1.05. The Balaban J connectivity index is 1.92. The van der Waals surface area contributed by atoms with Crippen LogP contribution in [0.1, 0.15) is 19.3 Å². The molecule has 18 heavy (non-hydrogen) atoms. The fourth-order valence-electron chi connectivity index (χ4n) is 2.37. The molecule has 2 rings (SSSR count). The first-order chi connectivity index (χ1) is 8.58. The van der Waals surface area contributed by atoms with Crippen LogP contribution in [-0.2, 0) is 4.79 Å². The molecule has 2 saturated heterocycles. The third kappa shape index (κ3) is 3.08. The van der Waals surface area contributed by atoms with Crippen molar-refractivity contribution in [3.05, 3.63) is 0 Å². The lowest BCUT2D eigenvalue weighted by Gasteiger charge is -2.27. The van der Waals surface area contributed by atoms with Crippen LogP contribution in [-0.4, -0.2) is 63.4 Å². The van der Waals surface area contributed by atoms with E-state index in [1.165, 1.54) is 4.90 Å². The highest BCUT2D eigenvalue weighted by molar-refractivity contribution is 7.99. The van der Waals surface area contributed by atoms with Gasteiger partial charge >= 0.3 is 12.0 Å². The summed E-state index contributed by atoms with van der Waals surface area (Å²) in [5.74, 6) is 0.993. The van der Waals surface area contributed by atoms with Crippen molar-refractivity contribution in [3.8, 4) is 0 Å². The van der Waals surface area contributed by atoms with Crippen molar-refractivity contribution in [1.29, 1.82) is 0 Å². The zero-order valence-electron chi connectivity index (χ0n) is 10.0. The summed E-state index contributed by atoms with van der Waals surface area (Å²) in [5.41, 5.74) is 0. The van der Waals surface area contributed by atoms with Crippen LogP contribution >= 0.6 is 11.8 Å². The summed E-state index contributed by atoms with van der Waals surface area (Å²) >= 11 is 1.86. The number of aliphatic carboxylic acids is 1. The molecule has 0 aliphatic carbocycles. The summed E-state index contributed by atoms with van der Waals surface area (Å²) in [6.45, 7) is 0.101. The largest absolute Gasteiger partial charge is 0.480 e. The van der Waals surface area contributed by atoms with Gasteiger partial charge in [0.1, 0.15) is 6.04 Å².